The van der Waals surface area contributed by atoms with Gasteiger partial charge >= 0.3 is 0 Å². The van der Waals surface area contributed by atoms with Gasteiger partial charge in [0, 0.05) is 35.9 Å². The van der Waals surface area contributed by atoms with Crippen molar-refractivity contribution in [2.24, 2.45) is 5.10 Å². The Morgan fingerprint density at radius 3 is 2.39 bits per heavy atom. The number of amides is 1. The van der Waals surface area contributed by atoms with Gasteiger partial charge in [0.1, 0.15) is 0 Å². The van der Waals surface area contributed by atoms with Crippen LogP contribution in [0.25, 0.3) is 22.2 Å². The summed E-state index contributed by atoms with van der Waals surface area (Å²) in [6.45, 7) is 3.23. The van der Waals surface area contributed by atoms with Crippen LogP contribution in [0.1, 0.15) is 25.0 Å². The van der Waals surface area contributed by atoms with E-state index in [1.54, 1.807) is 25.1 Å². The van der Waals surface area contributed by atoms with E-state index in [1.807, 2.05) is 60.7 Å². The Hall–Kier alpha value is -3.41. The van der Waals surface area contributed by atoms with E-state index in [4.69, 9.17) is 32.9 Å². The SMILES string of the molecule is CC(=O)N1N=C(c2cc(-c3ccccc3)nc3ccccc23)OC1(C)c1ccc(Cl)c(Cl)c1. The van der Waals surface area contributed by atoms with Crippen LogP contribution in [-0.2, 0) is 15.3 Å². The van der Waals surface area contributed by atoms with Crippen LogP contribution in [0.15, 0.2) is 84.0 Å². The van der Waals surface area contributed by atoms with Crippen LogP contribution in [0.4, 0.5) is 0 Å². The van der Waals surface area contributed by atoms with Gasteiger partial charge in [0.25, 0.3) is 0 Å². The van der Waals surface area contributed by atoms with Crippen LogP contribution < -0.4 is 0 Å². The number of benzene rings is 3. The number of carbonyl (C=O) groups is 1. The number of fused-ring (bicyclic) bond motifs is 1. The Morgan fingerprint density at radius 2 is 1.67 bits per heavy atom. The summed E-state index contributed by atoms with van der Waals surface area (Å²) in [6.07, 6.45) is 0. The Kier molecular flexibility index (Phi) is 5.31. The zero-order valence-electron chi connectivity index (χ0n) is 17.9. The van der Waals surface area contributed by atoms with Gasteiger partial charge < -0.3 is 4.74 Å². The highest BCUT2D eigenvalue weighted by atomic mass is 35.5. The fourth-order valence-electron chi connectivity index (χ4n) is 3.99. The van der Waals surface area contributed by atoms with Crippen LogP contribution in [0.5, 0.6) is 0 Å². The second kappa shape index (κ2) is 8.18. The first kappa shape index (κ1) is 21.4. The van der Waals surface area contributed by atoms with Gasteiger partial charge in [-0.25, -0.2) is 4.98 Å². The molecule has 1 atom stereocenters. The lowest BCUT2D eigenvalue weighted by molar-refractivity contribution is -0.146. The first-order valence-corrected chi connectivity index (χ1v) is 11.1. The summed E-state index contributed by atoms with van der Waals surface area (Å²) < 4.78 is 6.41. The molecule has 1 aliphatic heterocycles. The number of aromatic nitrogens is 1. The molecule has 1 aromatic heterocycles. The number of para-hydroxylation sites is 1. The Morgan fingerprint density at radius 1 is 0.939 bits per heavy atom. The van der Waals surface area contributed by atoms with E-state index in [9.17, 15) is 4.79 Å². The van der Waals surface area contributed by atoms with E-state index in [0.717, 1.165) is 27.7 Å². The molecule has 0 N–H and O–H groups in total. The van der Waals surface area contributed by atoms with Crippen molar-refractivity contribution in [3.63, 3.8) is 0 Å². The Balaban J connectivity index is 1.67. The van der Waals surface area contributed by atoms with Crippen molar-refractivity contribution in [2.45, 2.75) is 19.6 Å². The average Bonchev–Trinajstić information content (AvgIpc) is 3.19. The van der Waals surface area contributed by atoms with E-state index in [2.05, 4.69) is 5.10 Å². The molecule has 4 aromatic rings. The fraction of sp³-hybridized carbons (Fsp3) is 0.115. The van der Waals surface area contributed by atoms with Crippen LogP contribution >= 0.6 is 23.2 Å². The van der Waals surface area contributed by atoms with Gasteiger partial charge in [0.05, 0.1) is 21.3 Å². The van der Waals surface area contributed by atoms with E-state index in [-0.39, 0.29) is 5.91 Å². The molecule has 0 radical (unpaired) electrons. The minimum atomic E-state index is -1.19. The van der Waals surface area contributed by atoms with Gasteiger partial charge in [-0.1, -0.05) is 77.8 Å². The minimum Gasteiger partial charge on any atom is -0.443 e. The number of nitrogens with zero attached hydrogens (tertiary/aromatic N) is 3. The summed E-state index contributed by atoms with van der Waals surface area (Å²) in [4.78, 5) is 17.4. The van der Waals surface area contributed by atoms with Crippen molar-refractivity contribution in [2.75, 3.05) is 0 Å². The number of hydrazone groups is 1. The highest BCUT2D eigenvalue weighted by Gasteiger charge is 2.45. The predicted octanol–water partition coefficient (Wildman–Crippen LogP) is 6.62. The quantitative estimate of drug-likeness (QED) is 0.334. The fourth-order valence-corrected chi connectivity index (χ4v) is 4.29. The number of hydrogen-bond donors (Lipinski definition) is 0. The summed E-state index contributed by atoms with van der Waals surface area (Å²) in [7, 11) is 0. The molecular weight excluding hydrogens is 457 g/mol. The monoisotopic (exact) mass is 475 g/mol. The van der Waals surface area contributed by atoms with Gasteiger partial charge in [0.2, 0.25) is 17.5 Å². The standard InChI is InChI=1S/C26H19Cl2N3O2/c1-16(32)31-26(2,18-12-13-21(27)22(28)14-18)33-25(30-31)20-15-24(17-8-4-3-5-9-17)29-23-11-7-6-10-19(20)23/h3-15H,1-2H3. The van der Waals surface area contributed by atoms with Crippen LogP contribution in [-0.4, -0.2) is 21.8 Å². The maximum atomic E-state index is 12.6. The molecule has 5 rings (SSSR count). The van der Waals surface area contributed by atoms with Crippen molar-refractivity contribution in [3.8, 4) is 11.3 Å². The number of pyridine rings is 1. The number of hydrogen-bond acceptors (Lipinski definition) is 4. The summed E-state index contributed by atoms with van der Waals surface area (Å²) in [5, 5.41) is 7.60. The molecule has 33 heavy (non-hydrogen) atoms. The molecule has 0 fully saturated rings. The van der Waals surface area contributed by atoms with Gasteiger partial charge in [-0.15, -0.1) is 5.10 Å². The third-order valence-electron chi connectivity index (χ3n) is 5.66. The van der Waals surface area contributed by atoms with Crippen LogP contribution in [0.3, 0.4) is 0 Å². The molecule has 1 amide bonds. The molecule has 0 saturated heterocycles. The zero-order chi connectivity index (χ0) is 23.2. The third-order valence-corrected chi connectivity index (χ3v) is 6.40. The summed E-state index contributed by atoms with van der Waals surface area (Å²) in [5.41, 5.74) is 2.78. The molecule has 0 saturated carbocycles. The number of halogens is 2. The molecule has 1 aliphatic rings. The second-order valence-electron chi connectivity index (χ2n) is 7.89. The minimum absolute atomic E-state index is 0.264. The molecule has 0 aliphatic carbocycles. The number of ether oxygens (including phenoxy) is 1. The lowest BCUT2D eigenvalue weighted by atomic mass is 10.0. The summed E-state index contributed by atoms with van der Waals surface area (Å²) >= 11 is 12.4. The van der Waals surface area contributed by atoms with Crippen molar-refractivity contribution in [1.29, 1.82) is 0 Å². The molecular formula is C26H19Cl2N3O2. The molecule has 0 spiro atoms. The molecule has 5 nitrogen and oxygen atoms in total. The van der Waals surface area contributed by atoms with Crippen molar-refractivity contribution in [3.05, 3.63) is 100 Å². The van der Waals surface area contributed by atoms with E-state index in [1.165, 1.54) is 11.9 Å². The summed E-state index contributed by atoms with van der Waals surface area (Å²) in [6, 6.07) is 24.8. The number of rotatable bonds is 3. The van der Waals surface area contributed by atoms with Gasteiger partial charge in [0.15, 0.2) is 0 Å². The Labute approximate surface area is 201 Å². The topological polar surface area (TPSA) is 54.8 Å². The Bertz CT molecular complexity index is 1420. The summed E-state index contributed by atoms with van der Waals surface area (Å²) in [5.74, 6) is 0.0646. The normalized spacial score (nSPS) is 17.7. The first-order chi connectivity index (χ1) is 15.9. The van der Waals surface area contributed by atoms with Crippen molar-refractivity contribution in [1.82, 2.24) is 9.99 Å². The molecule has 164 valence electrons. The average molecular weight is 476 g/mol. The van der Waals surface area contributed by atoms with Crippen LogP contribution in [0.2, 0.25) is 10.0 Å². The number of carbonyl (C=O) groups excluding carboxylic acids is 1. The van der Waals surface area contributed by atoms with E-state index >= 15 is 0 Å². The molecule has 0 bridgehead atoms. The molecule has 7 heteroatoms. The highest BCUT2D eigenvalue weighted by molar-refractivity contribution is 6.42. The largest absolute Gasteiger partial charge is 0.443 e. The highest BCUT2D eigenvalue weighted by Crippen LogP contribution is 2.40. The molecule has 3 aromatic carbocycles. The molecule has 2 heterocycles. The molecule has 1 unspecified atom stereocenters. The lowest BCUT2D eigenvalue weighted by Crippen LogP contribution is -2.41. The van der Waals surface area contributed by atoms with Gasteiger partial charge in [-0.05, 0) is 24.3 Å². The van der Waals surface area contributed by atoms with Gasteiger partial charge in [-0.3, -0.25) is 4.79 Å². The van der Waals surface area contributed by atoms with Crippen molar-refractivity contribution >= 4 is 45.9 Å². The maximum Gasteiger partial charge on any atom is 0.243 e. The predicted molar refractivity (Wildman–Crippen MR) is 131 cm³/mol. The van der Waals surface area contributed by atoms with Crippen molar-refractivity contribution < 1.29 is 9.53 Å². The maximum absolute atomic E-state index is 12.6. The van der Waals surface area contributed by atoms with Gasteiger partial charge in [-0.2, -0.15) is 5.01 Å². The van der Waals surface area contributed by atoms with E-state index in [0.29, 0.717) is 21.5 Å². The third kappa shape index (κ3) is 3.73. The van der Waals surface area contributed by atoms with E-state index < -0.39 is 5.72 Å². The lowest BCUT2D eigenvalue weighted by Gasteiger charge is -2.31. The zero-order valence-corrected chi connectivity index (χ0v) is 19.4. The second-order valence-corrected chi connectivity index (χ2v) is 8.70. The smallest absolute Gasteiger partial charge is 0.243 e. The first-order valence-electron chi connectivity index (χ1n) is 10.4. The van der Waals surface area contributed by atoms with Crippen LogP contribution in [0, 0.1) is 0 Å².